The van der Waals surface area contributed by atoms with Crippen LogP contribution in [0.5, 0.6) is 11.5 Å². The van der Waals surface area contributed by atoms with Gasteiger partial charge in [0.2, 0.25) is 26.0 Å². The number of nitrogens with zero attached hydrogens (tertiary/aromatic N) is 1. The number of carbonyl (C=O) groups excluding carboxylic acids is 1. The summed E-state index contributed by atoms with van der Waals surface area (Å²) in [7, 11) is -3.11. The first-order valence-electron chi connectivity index (χ1n) is 12.3. The number of aliphatic hydroxyl groups excluding tert-OH is 1. The van der Waals surface area contributed by atoms with Gasteiger partial charge in [0.05, 0.1) is 30.1 Å². The van der Waals surface area contributed by atoms with Crippen LogP contribution >= 0.6 is 0 Å². The fourth-order valence-electron chi connectivity index (χ4n) is 3.90. The van der Waals surface area contributed by atoms with Crippen molar-refractivity contribution < 1.29 is 36.6 Å². The lowest BCUT2D eigenvalue weighted by atomic mass is 9.90. The van der Waals surface area contributed by atoms with Crippen LogP contribution in [0.3, 0.4) is 0 Å². The van der Waals surface area contributed by atoms with Gasteiger partial charge in [-0.3, -0.25) is 14.8 Å². The molecular formula is C27H34N4O8S2. The van der Waals surface area contributed by atoms with Crippen LogP contribution in [0.1, 0.15) is 24.2 Å². The predicted octanol–water partition coefficient (Wildman–Crippen LogP) is 2.20. The molecule has 0 spiro atoms. The number of phenols is 1. The minimum absolute atomic E-state index is 0.000620. The Morgan fingerprint density at radius 3 is 2.27 bits per heavy atom. The topological polar surface area (TPSA) is 174 Å². The number of carbonyl (C=O) groups is 1. The molecule has 3 aromatic carbocycles. The van der Waals surface area contributed by atoms with Crippen molar-refractivity contribution in [1.82, 2.24) is 9.62 Å². The van der Waals surface area contributed by atoms with E-state index in [0.717, 1.165) is 10.6 Å². The Kier molecular flexibility index (Phi) is 9.66. The zero-order valence-corrected chi connectivity index (χ0v) is 24.9. The van der Waals surface area contributed by atoms with E-state index in [1.54, 1.807) is 37.3 Å². The minimum Gasteiger partial charge on any atom is -0.506 e. The van der Waals surface area contributed by atoms with Gasteiger partial charge in [-0.15, -0.1) is 0 Å². The van der Waals surface area contributed by atoms with Gasteiger partial charge in [0.15, 0.2) is 0 Å². The number of methoxy groups -OCH3 is 1. The monoisotopic (exact) mass is 606 g/mol. The summed E-state index contributed by atoms with van der Waals surface area (Å²) in [6.07, 6.45) is -0.281. The molecule has 3 rings (SSSR count). The number of aromatic hydroxyl groups is 1. The van der Waals surface area contributed by atoms with Crippen LogP contribution in [-0.4, -0.2) is 71.3 Å². The molecule has 1 amide bonds. The van der Waals surface area contributed by atoms with Gasteiger partial charge in [-0.2, -0.15) is 0 Å². The summed E-state index contributed by atoms with van der Waals surface area (Å²) in [5, 5.41) is 26.8. The highest BCUT2D eigenvalue weighted by Crippen LogP contribution is 2.30. The summed E-state index contributed by atoms with van der Waals surface area (Å²) in [6.45, 7) is 1.44. The molecule has 0 bridgehead atoms. The van der Waals surface area contributed by atoms with Crippen LogP contribution in [0.25, 0.3) is 0 Å². The maximum Gasteiger partial charge on any atom is 0.249 e. The van der Waals surface area contributed by atoms with Gasteiger partial charge >= 0.3 is 0 Å². The highest BCUT2D eigenvalue weighted by molar-refractivity contribution is 7.92. The summed E-state index contributed by atoms with van der Waals surface area (Å²) in [4.78, 5) is 13.7. The summed E-state index contributed by atoms with van der Waals surface area (Å²) in [5.74, 6) is -0.298. The lowest BCUT2D eigenvalue weighted by molar-refractivity contribution is -0.122. The van der Waals surface area contributed by atoms with Gasteiger partial charge in [0.25, 0.3) is 0 Å². The zero-order valence-electron chi connectivity index (χ0n) is 23.2. The predicted molar refractivity (Wildman–Crippen MR) is 156 cm³/mol. The number of aliphatic hydroxyl groups is 1. The maximum absolute atomic E-state index is 13.7. The molecule has 3 aromatic rings. The average molecular weight is 607 g/mol. The van der Waals surface area contributed by atoms with Crippen LogP contribution in [0.2, 0.25) is 0 Å². The molecule has 222 valence electrons. The quantitative estimate of drug-likeness (QED) is 0.194. The van der Waals surface area contributed by atoms with E-state index < -0.39 is 37.6 Å². The molecule has 0 aliphatic heterocycles. The number of anilines is 2. The first kappa shape index (κ1) is 31.8. The van der Waals surface area contributed by atoms with Crippen LogP contribution in [0.15, 0.2) is 71.6 Å². The number of benzene rings is 3. The Morgan fingerprint density at radius 2 is 1.68 bits per heavy atom. The first-order chi connectivity index (χ1) is 19.1. The third-order valence-electron chi connectivity index (χ3n) is 6.34. The Balaban J connectivity index is 1.92. The van der Waals surface area contributed by atoms with Crippen molar-refractivity contribution in [3.8, 4) is 11.5 Å². The van der Waals surface area contributed by atoms with Crippen molar-refractivity contribution >= 4 is 37.3 Å². The van der Waals surface area contributed by atoms with Crippen molar-refractivity contribution in [2.24, 2.45) is 0 Å². The van der Waals surface area contributed by atoms with E-state index in [4.69, 9.17) is 4.74 Å². The van der Waals surface area contributed by atoms with Gasteiger partial charge in [-0.05, 0) is 60.5 Å². The lowest BCUT2D eigenvalue weighted by Gasteiger charge is -2.31. The first-order valence-corrected chi connectivity index (χ1v) is 15.6. The molecule has 2 atom stereocenters. The van der Waals surface area contributed by atoms with E-state index in [0.29, 0.717) is 11.3 Å². The second-order valence-corrected chi connectivity index (χ2v) is 13.6. The van der Waals surface area contributed by atoms with Crippen LogP contribution in [-0.2, 0) is 30.4 Å². The largest absolute Gasteiger partial charge is 0.506 e. The molecule has 0 saturated carbocycles. The van der Waals surface area contributed by atoms with E-state index in [-0.39, 0.29) is 34.1 Å². The zero-order chi connectivity index (χ0) is 30.6. The van der Waals surface area contributed by atoms with Gasteiger partial charge in [-0.1, -0.05) is 24.3 Å². The summed E-state index contributed by atoms with van der Waals surface area (Å²) < 4.78 is 56.9. The van der Waals surface area contributed by atoms with Crippen molar-refractivity contribution in [2.45, 2.75) is 23.5 Å². The molecule has 0 aliphatic rings. The summed E-state index contributed by atoms with van der Waals surface area (Å²) >= 11 is 0. The van der Waals surface area contributed by atoms with Crippen molar-refractivity contribution in [3.63, 3.8) is 0 Å². The van der Waals surface area contributed by atoms with Crippen LogP contribution < -0.4 is 20.1 Å². The summed E-state index contributed by atoms with van der Waals surface area (Å²) in [5.41, 5.74) is -0.498. The third kappa shape index (κ3) is 7.74. The van der Waals surface area contributed by atoms with Gasteiger partial charge in [-0.25, -0.2) is 21.1 Å². The number of sulfonamides is 2. The fraction of sp³-hybridized carbons (Fsp3) is 0.296. The number of ether oxygens (including phenoxy) is 1. The molecule has 0 aliphatic carbocycles. The Hall–Kier alpha value is -3.69. The second-order valence-electron chi connectivity index (χ2n) is 9.67. The molecule has 14 heteroatoms. The Morgan fingerprint density at radius 1 is 1.02 bits per heavy atom. The molecule has 5 N–H and O–H groups in total. The molecule has 41 heavy (non-hydrogen) atoms. The van der Waals surface area contributed by atoms with Crippen LogP contribution in [0.4, 0.5) is 11.4 Å². The molecule has 0 heterocycles. The highest BCUT2D eigenvalue weighted by Gasteiger charge is 2.36. The van der Waals surface area contributed by atoms with Crippen molar-refractivity contribution in [2.75, 3.05) is 44.0 Å². The minimum atomic E-state index is -3.74. The molecule has 12 nitrogen and oxygen atoms in total. The molecule has 0 radical (unpaired) electrons. The number of hydrogen-bond acceptors (Lipinski definition) is 9. The number of phenolic OH excluding ortho intramolecular Hbond substituents is 1. The standard InChI is InChI=1S/C27H34N4O8S2/c1-27(19-10-12-21(39-4)13-11-19,26(34)29-20-7-6-8-22(16-20)41(37,38)31(2)3)28-17-25(33)18-9-14-24(32)23(15-18)30-40(5,35)36/h6-16,25,28,30,32-33H,17H2,1-5H3,(H,29,34). The second kappa shape index (κ2) is 12.4. The number of rotatable bonds is 12. The maximum atomic E-state index is 13.7. The van der Waals surface area contributed by atoms with E-state index in [1.165, 1.54) is 57.6 Å². The molecule has 0 fully saturated rings. The molecule has 2 unspecified atom stereocenters. The Bertz CT molecular complexity index is 1610. The van der Waals surface area contributed by atoms with E-state index in [9.17, 15) is 31.8 Å². The van der Waals surface area contributed by atoms with E-state index >= 15 is 0 Å². The fourth-order valence-corrected chi connectivity index (χ4v) is 5.41. The van der Waals surface area contributed by atoms with E-state index in [2.05, 4.69) is 15.4 Å². The molecule has 0 saturated heterocycles. The normalized spacial score (nSPS) is 14.2. The number of amides is 1. The van der Waals surface area contributed by atoms with Crippen molar-refractivity contribution in [3.05, 3.63) is 77.9 Å². The highest BCUT2D eigenvalue weighted by atomic mass is 32.2. The lowest BCUT2D eigenvalue weighted by Crippen LogP contribution is -2.51. The van der Waals surface area contributed by atoms with Crippen molar-refractivity contribution in [1.29, 1.82) is 0 Å². The Labute approximate surface area is 240 Å². The van der Waals surface area contributed by atoms with Gasteiger partial charge < -0.3 is 20.3 Å². The summed E-state index contributed by atoms with van der Waals surface area (Å²) in [6, 6.07) is 16.5. The van der Waals surface area contributed by atoms with E-state index in [1.807, 2.05) is 0 Å². The number of nitrogens with one attached hydrogen (secondary N) is 3. The smallest absolute Gasteiger partial charge is 0.249 e. The number of hydrogen-bond donors (Lipinski definition) is 5. The average Bonchev–Trinajstić information content (AvgIpc) is 2.92. The van der Waals surface area contributed by atoms with Gasteiger partial charge in [0.1, 0.15) is 17.0 Å². The molecular weight excluding hydrogens is 572 g/mol. The third-order valence-corrected chi connectivity index (χ3v) is 8.74. The molecule has 0 aromatic heterocycles. The van der Waals surface area contributed by atoms with Gasteiger partial charge in [0, 0.05) is 26.3 Å². The van der Waals surface area contributed by atoms with Crippen LogP contribution in [0, 0.1) is 0 Å². The SMILES string of the molecule is COc1ccc(C(C)(NCC(O)c2ccc(O)c(NS(C)(=O)=O)c2)C(=O)Nc2cccc(S(=O)(=O)N(C)C)c2)cc1.